The molecule has 0 bridgehead atoms. The first-order valence-corrected chi connectivity index (χ1v) is 9.02. The first-order chi connectivity index (χ1) is 12.7. The maximum Gasteiger partial charge on any atom is 0.199 e. The highest BCUT2D eigenvalue weighted by Crippen LogP contribution is 2.29. The summed E-state index contributed by atoms with van der Waals surface area (Å²) in [4.78, 5) is 11.6. The van der Waals surface area contributed by atoms with E-state index in [-0.39, 0.29) is 5.82 Å². The van der Waals surface area contributed by atoms with E-state index in [9.17, 15) is 0 Å². The number of pyridine rings is 1. The van der Waals surface area contributed by atoms with Gasteiger partial charge in [-0.05, 0) is 50.2 Å². The SMILES string of the molecule is CCn1c(-c2nonc2N)nc2cncc(CN3CCC(NC)CC3)c21. The third-order valence-electron chi connectivity index (χ3n) is 5.16. The van der Waals surface area contributed by atoms with Crippen molar-refractivity contribution >= 4 is 16.9 Å². The van der Waals surface area contributed by atoms with Crippen LogP contribution in [0.25, 0.3) is 22.6 Å². The molecule has 0 radical (unpaired) electrons. The van der Waals surface area contributed by atoms with Crippen LogP contribution in [0.2, 0.25) is 0 Å². The minimum absolute atomic E-state index is 0.249. The topological polar surface area (TPSA) is 111 Å². The molecule has 1 saturated heterocycles. The van der Waals surface area contributed by atoms with Gasteiger partial charge >= 0.3 is 0 Å². The lowest BCUT2D eigenvalue weighted by atomic mass is 10.0. The number of hydrogen-bond donors (Lipinski definition) is 2. The van der Waals surface area contributed by atoms with Crippen LogP contribution in [0.5, 0.6) is 0 Å². The number of aromatic nitrogens is 5. The van der Waals surface area contributed by atoms with E-state index in [0.29, 0.717) is 17.6 Å². The number of fused-ring (bicyclic) bond motifs is 1. The van der Waals surface area contributed by atoms with Crippen LogP contribution in [0.1, 0.15) is 25.3 Å². The fourth-order valence-corrected chi connectivity index (χ4v) is 3.73. The van der Waals surface area contributed by atoms with Crippen molar-refractivity contribution in [2.75, 3.05) is 25.9 Å². The Hall–Kier alpha value is -2.52. The smallest absolute Gasteiger partial charge is 0.199 e. The van der Waals surface area contributed by atoms with Crippen LogP contribution >= 0.6 is 0 Å². The molecule has 1 aliphatic heterocycles. The Balaban J connectivity index is 1.70. The van der Waals surface area contributed by atoms with Crippen LogP contribution in [0.4, 0.5) is 5.82 Å². The van der Waals surface area contributed by atoms with Gasteiger partial charge in [-0.1, -0.05) is 0 Å². The molecule has 0 aromatic carbocycles. The molecule has 1 fully saturated rings. The average molecular weight is 356 g/mol. The van der Waals surface area contributed by atoms with Crippen LogP contribution in [0, 0.1) is 0 Å². The van der Waals surface area contributed by atoms with Crippen molar-refractivity contribution in [1.29, 1.82) is 0 Å². The number of nitrogens with one attached hydrogen (secondary N) is 1. The molecule has 0 amide bonds. The zero-order valence-electron chi connectivity index (χ0n) is 15.1. The van der Waals surface area contributed by atoms with Crippen LogP contribution in [-0.2, 0) is 13.1 Å². The molecule has 0 spiro atoms. The number of likely N-dealkylation sites (tertiary alicyclic amines) is 1. The molecule has 4 rings (SSSR count). The monoisotopic (exact) mass is 356 g/mol. The number of nitrogens with two attached hydrogens (primary N) is 1. The van der Waals surface area contributed by atoms with Gasteiger partial charge in [0.1, 0.15) is 5.52 Å². The molecule has 0 atom stereocenters. The van der Waals surface area contributed by atoms with Crippen molar-refractivity contribution in [2.45, 2.75) is 38.9 Å². The Kier molecular flexibility index (Phi) is 4.56. The zero-order chi connectivity index (χ0) is 18.1. The third kappa shape index (κ3) is 2.93. The molecule has 138 valence electrons. The van der Waals surface area contributed by atoms with E-state index in [2.05, 4.69) is 37.0 Å². The molecule has 3 aromatic heterocycles. The number of nitrogen functional groups attached to an aromatic ring is 1. The van der Waals surface area contributed by atoms with Gasteiger partial charge in [0.15, 0.2) is 17.3 Å². The minimum Gasteiger partial charge on any atom is -0.379 e. The number of hydrogen-bond acceptors (Lipinski definition) is 8. The predicted octanol–water partition coefficient (Wildman–Crippen LogP) is 1.27. The Morgan fingerprint density at radius 2 is 2.08 bits per heavy atom. The summed E-state index contributed by atoms with van der Waals surface area (Å²) < 4.78 is 6.87. The van der Waals surface area contributed by atoms with E-state index >= 15 is 0 Å². The summed E-state index contributed by atoms with van der Waals surface area (Å²) in [6.07, 6.45) is 6.05. The molecule has 26 heavy (non-hydrogen) atoms. The summed E-state index contributed by atoms with van der Waals surface area (Å²) in [5.74, 6) is 0.919. The van der Waals surface area contributed by atoms with Gasteiger partial charge < -0.3 is 15.6 Å². The molecule has 0 unspecified atom stereocenters. The molecule has 0 aliphatic carbocycles. The van der Waals surface area contributed by atoms with E-state index in [0.717, 1.165) is 37.2 Å². The first-order valence-electron chi connectivity index (χ1n) is 9.02. The number of anilines is 1. The van der Waals surface area contributed by atoms with Gasteiger partial charge in [-0.2, -0.15) is 0 Å². The molecule has 1 aliphatic rings. The lowest BCUT2D eigenvalue weighted by Gasteiger charge is -2.31. The van der Waals surface area contributed by atoms with E-state index in [1.807, 2.05) is 13.2 Å². The van der Waals surface area contributed by atoms with Crippen molar-refractivity contribution in [3.05, 3.63) is 18.0 Å². The number of nitrogens with zero attached hydrogens (tertiary/aromatic N) is 6. The van der Waals surface area contributed by atoms with Gasteiger partial charge in [-0.25, -0.2) is 9.61 Å². The van der Waals surface area contributed by atoms with E-state index in [1.54, 1.807) is 6.20 Å². The van der Waals surface area contributed by atoms with Crippen molar-refractivity contribution in [3.8, 4) is 11.5 Å². The van der Waals surface area contributed by atoms with E-state index in [4.69, 9.17) is 15.3 Å². The van der Waals surface area contributed by atoms with Crippen molar-refractivity contribution in [1.82, 2.24) is 35.1 Å². The van der Waals surface area contributed by atoms with Crippen molar-refractivity contribution in [3.63, 3.8) is 0 Å². The fraction of sp³-hybridized carbons (Fsp3) is 0.529. The zero-order valence-corrected chi connectivity index (χ0v) is 15.1. The van der Waals surface area contributed by atoms with Crippen molar-refractivity contribution < 1.29 is 4.63 Å². The molecular weight excluding hydrogens is 332 g/mol. The summed E-state index contributed by atoms with van der Waals surface area (Å²) in [6, 6.07) is 0.621. The van der Waals surface area contributed by atoms with Gasteiger partial charge in [-0.3, -0.25) is 9.88 Å². The fourth-order valence-electron chi connectivity index (χ4n) is 3.73. The minimum atomic E-state index is 0.249. The third-order valence-corrected chi connectivity index (χ3v) is 5.16. The predicted molar refractivity (Wildman–Crippen MR) is 98.3 cm³/mol. The highest BCUT2D eigenvalue weighted by Gasteiger charge is 2.22. The largest absolute Gasteiger partial charge is 0.379 e. The Bertz CT molecular complexity index is 893. The molecular formula is C17H24N8O. The second-order valence-electron chi connectivity index (χ2n) is 6.68. The van der Waals surface area contributed by atoms with Gasteiger partial charge in [0.2, 0.25) is 0 Å². The Morgan fingerprint density at radius 3 is 2.73 bits per heavy atom. The van der Waals surface area contributed by atoms with E-state index < -0.39 is 0 Å². The number of rotatable bonds is 5. The molecule has 3 N–H and O–H groups in total. The molecule has 3 aromatic rings. The van der Waals surface area contributed by atoms with Crippen LogP contribution in [0.15, 0.2) is 17.0 Å². The molecule has 9 nitrogen and oxygen atoms in total. The van der Waals surface area contributed by atoms with Gasteiger partial charge in [0, 0.05) is 30.9 Å². The second kappa shape index (κ2) is 7.00. The maximum atomic E-state index is 5.88. The standard InChI is InChI=1S/C17H24N8O/c1-3-25-15-11(10-24-6-4-12(19-2)5-7-24)8-20-9-13(15)21-17(25)14-16(18)23-26-22-14/h8-9,12,19H,3-7,10H2,1-2H3,(H2,18,23). The lowest BCUT2D eigenvalue weighted by Crippen LogP contribution is -2.40. The lowest BCUT2D eigenvalue weighted by molar-refractivity contribution is 0.195. The summed E-state index contributed by atoms with van der Waals surface area (Å²) in [5.41, 5.74) is 9.44. The van der Waals surface area contributed by atoms with Crippen LogP contribution in [-0.4, -0.2) is 55.9 Å². The van der Waals surface area contributed by atoms with E-state index in [1.165, 1.54) is 18.4 Å². The van der Waals surface area contributed by atoms with Gasteiger partial charge in [0.25, 0.3) is 0 Å². The molecule has 9 heteroatoms. The first kappa shape index (κ1) is 16.9. The second-order valence-corrected chi connectivity index (χ2v) is 6.68. The Morgan fingerprint density at radius 1 is 1.27 bits per heavy atom. The van der Waals surface area contributed by atoms with Gasteiger partial charge in [-0.15, -0.1) is 0 Å². The highest BCUT2D eigenvalue weighted by molar-refractivity contribution is 5.83. The van der Waals surface area contributed by atoms with Crippen LogP contribution < -0.4 is 11.1 Å². The quantitative estimate of drug-likeness (QED) is 0.703. The summed E-state index contributed by atoms with van der Waals surface area (Å²) in [7, 11) is 2.04. The summed E-state index contributed by atoms with van der Waals surface area (Å²) >= 11 is 0. The summed E-state index contributed by atoms with van der Waals surface area (Å²) in [5, 5.41) is 11.0. The number of imidazole rings is 1. The average Bonchev–Trinajstić information content (AvgIpc) is 3.25. The van der Waals surface area contributed by atoms with Gasteiger partial charge in [0.05, 0.1) is 11.7 Å². The van der Waals surface area contributed by atoms with Crippen molar-refractivity contribution in [2.24, 2.45) is 0 Å². The summed E-state index contributed by atoms with van der Waals surface area (Å²) in [6.45, 7) is 5.84. The normalized spacial score (nSPS) is 16.5. The Labute approximate surface area is 151 Å². The maximum absolute atomic E-state index is 5.88. The number of aryl methyl sites for hydroxylation is 1. The highest BCUT2D eigenvalue weighted by atomic mass is 16.6. The molecule has 0 saturated carbocycles. The molecule has 4 heterocycles. The van der Waals surface area contributed by atoms with Crippen LogP contribution in [0.3, 0.4) is 0 Å². The number of piperidine rings is 1.